The third kappa shape index (κ3) is 4.24. The largest absolute Gasteiger partial charge is 0.468 e. The molecule has 1 aromatic heterocycles. The summed E-state index contributed by atoms with van der Waals surface area (Å²) in [5, 5.41) is 0. The first-order chi connectivity index (χ1) is 12.0. The number of furan rings is 1. The van der Waals surface area contributed by atoms with E-state index in [4.69, 9.17) is 9.15 Å². The lowest BCUT2D eigenvalue weighted by atomic mass is 10.2. The van der Waals surface area contributed by atoms with Crippen LogP contribution in [0.1, 0.15) is 11.8 Å². The first-order valence-electron chi connectivity index (χ1n) is 7.77. The van der Waals surface area contributed by atoms with Gasteiger partial charge in [-0.1, -0.05) is 0 Å². The summed E-state index contributed by atoms with van der Waals surface area (Å²) in [5.74, 6) is -1.36. The van der Waals surface area contributed by atoms with E-state index in [1.165, 1.54) is 6.26 Å². The molecule has 1 unspecified atom stereocenters. The molecule has 2 heterocycles. The molecule has 2 aromatic rings. The van der Waals surface area contributed by atoms with Crippen molar-refractivity contribution >= 4 is 10.0 Å². The van der Waals surface area contributed by atoms with Gasteiger partial charge in [0.05, 0.1) is 25.5 Å². The molecule has 6 nitrogen and oxygen atoms in total. The molecule has 0 spiro atoms. The molecular weight excluding hydrogens is 354 g/mol. The molecule has 1 aromatic carbocycles. The van der Waals surface area contributed by atoms with Gasteiger partial charge in [0.15, 0.2) is 0 Å². The molecule has 1 saturated heterocycles. The van der Waals surface area contributed by atoms with Crippen molar-refractivity contribution in [3.63, 3.8) is 0 Å². The summed E-state index contributed by atoms with van der Waals surface area (Å²) in [7, 11) is -4.12. The molecule has 1 fully saturated rings. The zero-order valence-electron chi connectivity index (χ0n) is 13.3. The molecule has 0 bridgehead atoms. The summed E-state index contributed by atoms with van der Waals surface area (Å²) in [6.07, 6.45) is 1.51. The second kappa shape index (κ2) is 7.61. The fraction of sp³-hybridized carbons (Fsp3) is 0.375. The lowest BCUT2D eigenvalue weighted by molar-refractivity contribution is 0.0128. The number of ether oxygens (including phenoxy) is 1. The summed E-state index contributed by atoms with van der Waals surface area (Å²) >= 11 is 0. The van der Waals surface area contributed by atoms with Crippen LogP contribution in [0.2, 0.25) is 0 Å². The second-order valence-electron chi connectivity index (χ2n) is 5.61. The summed E-state index contributed by atoms with van der Waals surface area (Å²) in [6.45, 7) is 2.32. The van der Waals surface area contributed by atoms with E-state index < -0.39 is 26.6 Å². The standard InChI is InChI=1S/C16H18F2N2O4S/c17-12-3-4-16(13(18)10-12)25(21,22)19-11-14(15-2-1-7-24-15)20-5-8-23-9-6-20/h1-4,7,10,14,19H,5-6,8-9,11H2. The van der Waals surface area contributed by atoms with Gasteiger partial charge in [0.1, 0.15) is 22.3 Å². The normalized spacial score (nSPS) is 17.5. The van der Waals surface area contributed by atoms with E-state index in [9.17, 15) is 17.2 Å². The van der Waals surface area contributed by atoms with E-state index >= 15 is 0 Å². The van der Waals surface area contributed by atoms with Gasteiger partial charge in [-0.3, -0.25) is 4.90 Å². The van der Waals surface area contributed by atoms with Gasteiger partial charge >= 0.3 is 0 Å². The van der Waals surface area contributed by atoms with E-state index in [1.54, 1.807) is 12.1 Å². The molecule has 1 N–H and O–H groups in total. The van der Waals surface area contributed by atoms with Gasteiger partial charge in [0.25, 0.3) is 0 Å². The maximum atomic E-state index is 13.8. The number of hydrogen-bond donors (Lipinski definition) is 1. The molecule has 0 saturated carbocycles. The Hall–Kier alpha value is -1.81. The first-order valence-corrected chi connectivity index (χ1v) is 9.25. The summed E-state index contributed by atoms with van der Waals surface area (Å²) in [4.78, 5) is 1.44. The monoisotopic (exact) mass is 372 g/mol. The highest BCUT2D eigenvalue weighted by Crippen LogP contribution is 2.23. The minimum absolute atomic E-state index is 0.00728. The number of nitrogens with one attached hydrogen (secondary N) is 1. The molecule has 9 heteroatoms. The van der Waals surface area contributed by atoms with E-state index in [0.717, 1.165) is 12.1 Å². The predicted octanol–water partition coefficient (Wildman–Crippen LogP) is 1.91. The smallest absolute Gasteiger partial charge is 0.243 e. The maximum Gasteiger partial charge on any atom is 0.243 e. The molecule has 1 aliphatic rings. The van der Waals surface area contributed by atoms with Crippen LogP contribution in [0, 0.1) is 11.6 Å². The highest BCUT2D eigenvalue weighted by molar-refractivity contribution is 7.89. The average Bonchev–Trinajstić information content (AvgIpc) is 3.10. The van der Waals surface area contributed by atoms with Gasteiger partial charge in [0.2, 0.25) is 10.0 Å². The zero-order chi connectivity index (χ0) is 17.9. The van der Waals surface area contributed by atoms with Crippen LogP contribution in [0.4, 0.5) is 8.78 Å². The van der Waals surface area contributed by atoms with Crippen LogP contribution in [0.25, 0.3) is 0 Å². The quantitative estimate of drug-likeness (QED) is 0.839. The van der Waals surface area contributed by atoms with E-state index in [1.807, 2.05) is 4.90 Å². The first kappa shape index (κ1) is 18.0. The van der Waals surface area contributed by atoms with Crippen LogP contribution in [0.5, 0.6) is 0 Å². The fourth-order valence-corrected chi connectivity index (χ4v) is 3.83. The molecule has 1 atom stereocenters. The van der Waals surface area contributed by atoms with Gasteiger partial charge in [-0.05, 0) is 24.3 Å². The van der Waals surface area contributed by atoms with Crippen molar-refractivity contribution in [2.75, 3.05) is 32.8 Å². The van der Waals surface area contributed by atoms with Crippen LogP contribution < -0.4 is 4.72 Å². The molecule has 3 rings (SSSR count). The molecule has 0 radical (unpaired) electrons. The van der Waals surface area contributed by atoms with Crippen molar-refractivity contribution in [2.24, 2.45) is 0 Å². The van der Waals surface area contributed by atoms with Crippen LogP contribution in [-0.4, -0.2) is 46.2 Å². The Balaban J connectivity index is 1.78. The van der Waals surface area contributed by atoms with Crippen molar-refractivity contribution in [3.8, 4) is 0 Å². The van der Waals surface area contributed by atoms with Gasteiger partial charge in [-0.15, -0.1) is 0 Å². The number of morpholine rings is 1. The number of halogens is 2. The number of nitrogens with zero attached hydrogens (tertiary/aromatic N) is 1. The number of rotatable bonds is 6. The SMILES string of the molecule is O=S(=O)(NCC(c1ccco1)N1CCOCC1)c1ccc(F)cc1F. The fourth-order valence-electron chi connectivity index (χ4n) is 2.74. The Kier molecular flexibility index (Phi) is 5.48. The maximum absolute atomic E-state index is 13.8. The highest BCUT2D eigenvalue weighted by atomic mass is 32.2. The number of hydrogen-bond acceptors (Lipinski definition) is 5. The van der Waals surface area contributed by atoms with Gasteiger partial charge < -0.3 is 9.15 Å². The molecule has 0 aliphatic carbocycles. The Morgan fingerprint density at radius 2 is 1.96 bits per heavy atom. The predicted molar refractivity (Wildman–Crippen MR) is 85.4 cm³/mol. The van der Waals surface area contributed by atoms with Gasteiger partial charge in [-0.25, -0.2) is 21.9 Å². The Morgan fingerprint density at radius 3 is 2.60 bits per heavy atom. The molecule has 0 amide bonds. The second-order valence-corrected chi connectivity index (χ2v) is 7.34. The minimum Gasteiger partial charge on any atom is -0.468 e. The van der Waals surface area contributed by atoms with E-state index in [-0.39, 0.29) is 12.6 Å². The lowest BCUT2D eigenvalue weighted by Gasteiger charge is -2.33. The molecular formula is C16H18F2N2O4S. The Bertz CT molecular complexity index is 806. The van der Waals surface area contributed by atoms with Crippen molar-refractivity contribution in [1.29, 1.82) is 0 Å². The number of benzene rings is 1. The van der Waals surface area contributed by atoms with Crippen LogP contribution in [0.3, 0.4) is 0 Å². The molecule has 25 heavy (non-hydrogen) atoms. The van der Waals surface area contributed by atoms with Crippen molar-refractivity contribution < 1.29 is 26.4 Å². The Labute approximate surface area is 144 Å². The summed E-state index contributed by atoms with van der Waals surface area (Å²) in [5.41, 5.74) is 0. The Morgan fingerprint density at radius 1 is 1.20 bits per heavy atom. The van der Waals surface area contributed by atoms with Crippen molar-refractivity contribution in [3.05, 3.63) is 54.0 Å². The van der Waals surface area contributed by atoms with Crippen LogP contribution in [-0.2, 0) is 14.8 Å². The molecule has 1 aliphatic heterocycles. The van der Waals surface area contributed by atoms with Crippen molar-refractivity contribution in [2.45, 2.75) is 10.9 Å². The van der Waals surface area contributed by atoms with Crippen molar-refractivity contribution in [1.82, 2.24) is 9.62 Å². The van der Waals surface area contributed by atoms with Gasteiger partial charge in [-0.2, -0.15) is 0 Å². The third-order valence-electron chi connectivity index (χ3n) is 4.01. The summed E-state index contributed by atoms with van der Waals surface area (Å²) < 4.78 is 64.7. The van der Waals surface area contributed by atoms with Gasteiger partial charge in [0, 0.05) is 25.7 Å². The summed E-state index contributed by atoms with van der Waals surface area (Å²) in [6, 6.07) is 5.48. The topological polar surface area (TPSA) is 71.8 Å². The number of sulfonamides is 1. The lowest BCUT2D eigenvalue weighted by Crippen LogP contribution is -2.43. The van der Waals surface area contributed by atoms with Crippen LogP contribution in [0.15, 0.2) is 45.9 Å². The molecule has 136 valence electrons. The zero-order valence-corrected chi connectivity index (χ0v) is 14.1. The van der Waals surface area contributed by atoms with E-state index in [0.29, 0.717) is 38.1 Å². The third-order valence-corrected chi connectivity index (χ3v) is 5.47. The van der Waals surface area contributed by atoms with E-state index in [2.05, 4.69) is 4.72 Å². The minimum atomic E-state index is -4.12. The average molecular weight is 372 g/mol. The highest BCUT2D eigenvalue weighted by Gasteiger charge is 2.27. The van der Waals surface area contributed by atoms with Crippen LogP contribution >= 0.6 is 0 Å².